The third-order valence-electron chi connectivity index (χ3n) is 11.2. The maximum Gasteiger partial charge on any atom is 0.306 e. The first-order valence-corrected chi connectivity index (χ1v) is 25.1. The van der Waals surface area contributed by atoms with Crippen molar-refractivity contribution in [1.82, 2.24) is 5.32 Å². The number of hydrogen-bond donors (Lipinski definition) is 3. The van der Waals surface area contributed by atoms with Crippen LogP contribution < -0.4 is 5.32 Å². The van der Waals surface area contributed by atoms with Gasteiger partial charge in [-0.3, -0.25) is 9.59 Å². The molecule has 0 aliphatic carbocycles. The van der Waals surface area contributed by atoms with Crippen molar-refractivity contribution in [2.45, 2.75) is 257 Å². The Kier molecular flexibility index (Phi) is 44.7. The van der Waals surface area contributed by atoms with Gasteiger partial charge in [0.25, 0.3) is 0 Å². The lowest BCUT2D eigenvalue weighted by Crippen LogP contribution is -2.46. The molecule has 0 fully saturated rings. The summed E-state index contributed by atoms with van der Waals surface area (Å²) in [7, 11) is 0. The van der Waals surface area contributed by atoms with Crippen LogP contribution in [0.15, 0.2) is 60.8 Å². The minimum atomic E-state index is -0.801. The summed E-state index contributed by atoms with van der Waals surface area (Å²) in [5.74, 6) is -0.532. The van der Waals surface area contributed by atoms with E-state index in [2.05, 4.69) is 62.5 Å². The molecule has 0 bridgehead atoms. The van der Waals surface area contributed by atoms with Gasteiger partial charge in [-0.15, -0.1) is 0 Å². The van der Waals surface area contributed by atoms with Crippen LogP contribution in [0.4, 0.5) is 0 Å². The van der Waals surface area contributed by atoms with E-state index in [-0.39, 0.29) is 24.9 Å². The highest BCUT2D eigenvalue weighted by Crippen LogP contribution is 2.17. The third kappa shape index (κ3) is 42.1. The summed E-state index contributed by atoms with van der Waals surface area (Å²) in [6.45, 7) is 6.32. The largest absolute Gasteiger partial charge is 0.462 e. The molecule has 3 atom stereocenters. The van der Waals surface area contributed by atoms with Crippen molar-refractivity contribution >= 4 is 11.9 Å². The normalized spacial score (nSPS) is 13.8. The smallest absolute Gasteiger partial charge is 0.306 e. The van der Waals surface area contributed by atoms with Gasteiger partial charge in [-0.2, -0.15) is 0 Å². The topological polar surface area (TPSA) is 95.9 Å². The molecule has 1 amide bonds. The molecular formula is C53H95NO5. The van der Waals surface area contributed by atoms with Crippen molar-refractivity contribution in [2.24, 2.45) is 0 Å². The van der Waals surface area contributed by atoms with Crippen molar-refractivity contribution < 1.29 is 24.5 Å². The van der Waals surface area contributed by atoms with E-state index in [1.54, 1.807) is 0 Å². The Balaban J connectivity index is 4.66. The number of aliphatic hydroxyl groups is 2. The molecule has 0 radical (unpaired) electrons. The molecule has 0 aliphatic heterocycles. The molecule has 3 unspecified atom stereocenters. The lowest BCUT2D eigenvalue weighted by atomic mass is 10.0. The molecule has 0 spiro atoms. The van der Waals surface area contributed by atoms with Gasteiger partial charge in [-0.1, -0.05) is 216 Å². The van der Waals surface area contributed by atoms with Crippen LogP contribution >= 0.6 is 0 Å². The van der Waals surface area contributed by atoms with E-state index in [1.165, 1.54) is 109 Å². The maximum absolute atomic E-state index is 13.2. The molecule has 0 heterocycles. The van der Waals surface area contributed by atoms with E-state index >= 15 is 0 Å². The molecule has 0 aromatic heterocycles. The van der Waals surface area contributed by atoms with Gasteiger partial charge < -0.3 is 20.3 Å². The first-order chi connectivity index (χ1) is 29.0. The number of unbranched alkanes of at least 4 members (excludes halogenated alkanes) is 25. The molecule has 0 saturated carbocycles. The number of aliphatic hydroxyl groups excluding tert-OH is 2. The van der Waals surface area contributed by atoms with Crippen LogP contribution in [-0.4, -0.2) is 46.9 Å². The summed E-state index contributed by atoms with van der Waals surface area (Å²) in [6, 6.07) is -0.718. The highest BCUT2D eigenvalue weighted by molar-refractivity contribution is 5.77. The first kappa shape index (κ1) is 56.6. The zero-order valence-electron chi connectivity index (χ0n) is 38.9. The van der Waals surface area contributed by atoms with Crippen LogP contribution in [0.3, 0.4) is 0 Å². The summed E-state index contributed by atoms with van der Waals surface area (Å²) < 4.78 is 5.90. The zero-order chi connectivity index (χ0) is 43.1. The highest BCUT2D eigenvalue weighted by atomic mass is 16.5. The van der Waals surface area contributed by atoms with Gasteiger partial charge in [0.15, 0.2) is 0 Å². The molecule has 0 aromatic carbocycles. The number of hydrogen-bond acceptors (Lipinski definition) is 5. The SMILES string of the molecule is CC/C=C/C=C/C=C/C=C\CCCCCC(CC(=O)NC(CO)C(O)CCCCCCCCCCCCCCC)OC(=O)CCCCC/C=C\CCCCCCCCC. The fraction of sp³-hybridized carbons (Fsp3) is 0.774. The Morgan fingerprint density at radius 2 is 0.932 bits per heavy atom. The lowest BCUT2D eigenvalue weighted by molar-refractivity contribution is -0.151. The predicted molar refractivity (Wildman–Crippen MR) is 255 cm³/mol. The van der Waals surface area contributed by atoms with Crippen molar-refractivity contribution in [3.05, 3.63) is 60.8 Å². The fourth-order valence-electron chi connectivity index (χ4n) is 7.38. The van der Waals surface area contributed by atoms with Crippen molar-refractivity contribution in [2.75, 3.05) is 6.61 Å². The number of esters is 1. The molecule has 6 nitrogen and oxygen atoms in total. The standard InChI is InChI=1S/C53H95NO5/c1-4-7-10-13-16-19-22-25-28-31-34-37-40-43-46-53(58)59-49(44-41-38-35-32-29-26-23-20-17-14-11-8-5-2)47-52(57)54-50(48-55)51(56)45-42-39-36-33-30-27-24-21-18-15-12-9-6-3/h8,11,14,17,20,23,26,28-29,31,49-51,55-56H,4-7,9-10,12-13,15-16,18-19,21-22,24-25,27,30,32-48H2,1-3H3,(H,54,57)/b11-8+,17-14+,23-20+,29-26-,31-28-. The second kappa shape index (κ2) is 46.6. The molecule has 6 heteroatoms. The Morgan fingerprint density at radius 1 is 0.508 bits per heavy atom. The number of carbonyl (C=O) groups excluding carboxylic acids is 2. The summed E-state index contributed by atoms with van der Waals surface area (Å²) in [5.41, 5.74) is 0. The Hall–Kier alpha value is -2.44. The van der Waals surface area contributed by atoms with Gasteiger partial charge in [0.05, 0.1) is 25.2 Å². The number of rotatable bonds is 44. The average Bonchev–Trinajstić information content (AvgIpc) is 3.23. The molecule has 0 rings (SSSR count). The molecule has 0 aliphatic rings. The lowest BCUT2D eigenvalue weighted by Gasteiger charge is -2.24. The molecule has 0 saturated heterocycles. The number of amides is 1. The fourth-order valence-corrected chi connectivity index (χ4v) is 7.38. The molecule has 59 heavy (non-hydrogen) atoms. The average molecular weight is 826 g/mol. The van der Waals surface area contributed by atoms with Crippen LogP contribution in [0.2, 0.25) is 0 Å². The third-order valence-corrected chi connectivity index (χ3v) is 11.2. The molecule has 342 valence electrons. The van der Waals surface area contributed by atoms with Crippen LogP contribution in [-0.2, 0) is 14.3 Å². The van der Waals surface area contributed by atoms with E-state index in [4.69, 9.17) is 4.74 Å². The second-order valence-electron chi connectivity index (χ2n) is 16.9. The van der Waals surface area contributed by atoms with E-state index < -0.39 is 18.2 Å². The van der Waals surface area contributed by atoms with Crippen LogP contribution in [0, 0.1) is 0 Å². The first-order valence-electron chi connectivity index (χ1n) is 25.1. The minimum absolute atomic E-state index is 0.0445. The summed E-state index contributed by atoms with van der Waals surface area (Å²) in [4.78, 5) is 26.1. The second-order valence-corrected chi connectivity index (χ2v) is 16.9. The van der Waals surface area contributed by atoms with Crippen molar-refractivity contribution in [3.63, 3.8) is 0 Å². The molecule has 3 N–H and O–H groups in total. The number of nitrogens with one attached hydrogen (secondary N) is 1. The van der Waals surface area contributed by atoms with E-state index in [9.17, 15) is 19.8 Å². The van der Waals surface area contributed by atoms with Gasteiger partial charge in [-0.05, 0) is 70.6 Å². The minimum Gasteiger partial charge on any atom is -0.462 e. The highest BCUT2D eigenvalue weighted by Gasteiger charge is 2.24. The van der Waals surface area contributed by atoms with E-state index in [1.807, 2.05) is 24.3 Å². The molecule has 0 aromatic rings. The van der Waals surface area contributed by atoms with Gasteiger partial charge in [0.1, 0.15) is 6.10 Å². The predicted octanol–water partition coefficient (Wildman–Crippen LogP) is 14.8. The van der Waals surface area contributed by atoms with Gasteiger partial charge in [0.2, 0.25) is 5.91 Å². The van der Waals surface area contributed by atoms with Gasteiger partial charge >= 0.3 is 5.97 Å². The van der Waals surface area contributed by atoms with Gasteiger partial charge in [0, 0.05) is 6.42 Å². The van der Waals surface area contributed by atoms with Crippen molar-refractivity contribution in [1.29, 1.82) is 0 Å². The Morgan fingerprint density at radius 3 is 1.46 bits per heavy atom. The monoisotopic (exact) mass is 826 g/mol. The summed E-state index contributed by atoms with van der Waals surface area (Å²) in [5, 5.41) is 23.7. The Labute approximate surface area is 365 Å². The summed E-state index contributed by atoms with van der Waals surface area (Å²) in [6.07, 6.45) is 57.1. The van der Waals surface area contributed by atoms with E-state index in [0.717, 1.165) is 83.5 Å². The van der Waals surface area contributed by atoms with Crippen molar-refractivity contribution in [3.8, 4) is 0 Å². The van der Waals surface area contributed by atoms with Crippen LogP contribution in [0.25, 0.3) is 0 Å². The quantitative estimate of drug-likeness (QED) is 0.0246. The maximum atomic E-state index is 13.2. The van der Waals surface area contributed by atoms with Crippen LogP contribution in [0.1, 0.15) is 239 Å². The number of ether oxygens (including phenoxy) is 1. The number of allylic oxidation sites excluding steroid dienone is 10. The number of carbonyl (C=O) groups is 2. The Bertz CT molecular complexity index is 1060. The molecular weight excluding hydrogens is 731 g/mol. The van der Waals surface area contributed by atoms with Crippen LogP contribution in [0.5, 0.6) is 0 Å². The van der Waals surface area contributed by atoms with Gasteiger partial charge in [-0.25, -0.2) is 0 Å². The summed E-state index contributed by atoms with van der Waals surface area (Å²) >= 11 is 0. The zero-order valence-corrected chi connectivity index (χ0v) is 38.9. The van der Waals surface area contributed by atoms with E-state index in [0.29, 0.717) is 19.3 Å².